The van der Waals surface area contributed by atoms with Gasteiger partial charge in [-0.25, -0.2) is 0 Å². The first-order valence-corrected chi connectivity index (χ1v) is 5.24. The van der Waals surface area contributed by atoms with E-state index >= 15 is 0 Å². The van der Waals surface area contributed by atoms with Gasteiger partial charge in [0.1, 0.15) is 0 Å². The molecule has 0 amide bonds. The summed E-state index contributed by atoms with van der Waals surface area (Å²) in [5.74, 6) is 0.242. The molecule has 0 aromatic rings. The third-order valence-corrected chi connectivity index (χ3v) is 2.73. The van der Waals surface area contributed by atoms with Crippen molar-refractivity contribution in [3.63, 3.8) is 0 Å². The molecule has 1 aliphatic rings. The monoisotopic (exact) mass is 200 g/mol. The molecule has 0 spiro atoms. The molecule has 0 aliphatic carbocycles. The summed E-state index contributed by atoms with van der Waals surface area (Å²) >= 11 is 0. The molecule has 4 heteroatoms. The van der Waals surface area contributed by atoms with Crippen LogP contribution in [0.25, 0.3) is 0 Å². The molecule has 1 rings (SSSR count). The van der Waals surface area contributed by atoms with E-state index in [1.807, 2.05) is 0 Å². The van der Waals surface area contributed by atoms with Gasteiger partial charge in [-0.15, -0.1) is 0 Å². The van der Waals surface area contributed by atoms with Gasteiger partial charge in [-0.3, -0.25) is 10.1 Å². The van der Waals surface area contributed by atoms with Gasteiger partial charge < -0.3 is 5.32 Å². The maximum absolute atomic E-state index is 10.8. The van der Waals surface area contributed by atoms with E-state index in [2.05, 4.69) is 26.1 Å². The second-order valence-electron chi connectivity index (χ2n) is 5.37. The fourth-order valence-corrected chi connectivity index (χ4v) is 2.17. The van der Waals surface area contributed by atoms with E-state index in [0.29, 0.717) is 6.54 Å². The van der Waals surface area contributed by atoms with Crippen molar-refractivity contribution >= 4 is 0 Å². The Labute approximate surface area is 85.2 Å². The Morgan fingerprint density at radius 2 is 2.14 bits per heavy atom. The van der Waals surface area contributed by atoms with E-state index in [1.165, 1.54) is 0 Å². The van der Waals surface area contributed by atoms with Crippen molar-refractivity contribution in [1.82, 2.24) is 5.32 Å². The molecule has 4 nitrogen and oxygen atoms in total. The van der Waals surface area contributed by atoms with Crippen LogP contribution in [0, 0.1) is 21.4 Å². The number of nitrogens with one attached hydrogen (secondary N) is 1. The van der Waals surface area contributed by atoms with E-state index in [0.717, 1.165) is 19.4 Å². The van der Waals surface area contributed by atoms with Gasteiger partial charge in [0.15, 0.2) is 0 Å². The molecule has 0 aromatic carbocycles. The normalized spacial score (nSPS) is 28.8. The van der Waals surface area contributed by atoms with Gasteiger partial charge in [0, 0.05) is 10.8 Å². The molecule has 0 aromatic heterocycles. The van der Waals surface area contributed by atoms with Crippen LogP contribution in [-0.2, 0) is 0 Å². The fourth-order valence-electron chi connectivity index (χ4n) is 2.17. The maximum atomic E-state index is 10.8. The van der Waals surface area contributed by atoms with Gasteiger partial charge in [0.05, 0.1) is 6.54 Å². The van der Waals surface area contributed by atoms with Crippen LogP contribution < -0.4 is 5.32 Å². The first-order chi connectivity index (χ1) is 6.40. The zero-order chi connectivity index (χ0) is 10.8. The summed E-state index contributed by atoms with van der Waals surface area (Å²) in [7, 11) is 0. The molecule has 0 unspecified atom stereocenters. The number of piperidine rings is 1. The summed E-state index contributed by atoms with van der Waals surface area (Å²) in [5.41, 5.74) is 0.191. The molecule has 82 valence electrons. The molecule has 0 saturated carbocycles. The van der Waals surface area contributed by atoms with Crippen LogP contribution in [-0.4, -0.2) is 24.1 Å². The Kier molecular flexibility index (Phi) is 3.48. The summed E-state index contributed by atoms with van der Waals surface area (Å²) < 4.78 is 0. The predicted octanol–water partition coefficient (Wildman–Crippen LogP) is 1.68. The predicted molar refractivity (Wildman–Crippen MR) is 55.8 cm³/mol. The topological polar surface area (TPSA) is 55.2 Å². The first-order valence-electron chi connectivity index (χ1n) is 5.24. The van der Waals surface area contributed by atoms with Crippen molar-refractivity contribution in [3.05, 3.63) is 10.1 Å². The molecular weight excluding hydrogens is 180 g/mol. The van der Waals surface area contributed by atoms with Crippen molar-refractivity contribution in [2.45, 2.75) is 39.7 Å². The zero-order valence-corrected chi connectivity index (χ0v) is 9.25. The lowest BCUT2D eigenvalue weighted by atomic mass is 9.78. The summed E-state index contributed by atoms with van der Waals surface area (Å²) in [6, 6.07) is -0.386. The van der Waals surface area contributed by atoms with Crippen molar-refractivity contribution in [1.29, 1.82) is 0 Å². The second kappa shape index (κ2) is 4.26. The fraction of sp³-hybridized carbons (Fsp3) is 1.00. The van der Waals surface area contributed by atoms with Gasteiger partial charge in [0.25, 0.3) is 0 Å². The molecule has 1 saturated heterocycles. The minimum Gasteiger partial charge on any atom is -0.310 e. The largest absolute Gasteiger partial charge is 0.310 e. The highest BCUT2D eigenvalue weighted by Crippen LogP contribution is 2.30. The standard InChI is InChI=1S/C10H20N2O2/c1-10(2,3)6-8-4-5-11-7-9(8)12(13)14/h8-9,11H,4-7H2,1-3H3/t8-,9+/m0/s1. The molecule has 0 radical (unpaired) electrons. The van der Waals surface area contributed by atoms with Crippen LogP contribution in [0.5, 0.6) is 0 Å². The van der Waals surface area contributed by atoms with E-state index in [4.69, 9.17) is 0 Å². The Morgan fingerprint density at radius 3 is 2.64 bits per heavy atom. The van der Waals surface area contributed by atoms with E-state index in [1.54, 1.807) is 0 Å². The van der Waals surface area contributed by atoms with E-state index in [9.17, 15) is 10.1 Å². The lowest BCUT2D eigenvalue weighted by molar-refractivity contribution is -0.533. The third-order valence-electron chi connectivity index (χ3n) is 2.73. The van der Waals surface area contributed by atoms with Crippen LogP contribution in [0.4, 0.5) is 0 Å². The van der Waals surface area contributed by atoms with Crippen LogP contribution >= 0.6 is 0 Å². The number of nitro groups is 1. The molecule has 1 fully saturated rings. The first kappa shape index (κ1) is 11.4. The highest BCUT2D eigenvalue weighted by atomic mass is 16.6. The van der Waals surface area contributed by atoms with Gasteiger partial charge in [0.2, 0.25) is 6.04 Å². The number of hydrogen-bond donors (Lipinski definition) is 1. The van der Waals surface area contributed by atoms with E-state index < -0.39 is 0 Å². The Balaban J connectivity index is 2.59. The minimum absolute atomic E-state index is 0.122. The molecular formula is C10H20N2O2. The van der Waals surface area contributed by atoms with Crippen molar-refractivity contribution < 1.29 is 4.92 Å². The molecule has 0 bridgehead atoms. The Hall–Kier alpha value is -0.640. The van der Waals surface area contributed by atoms with Crippen LogP contribution in [0.3, 0.4) is 0 Å². The lowest BCUT2D eigenvalue weighted by Crippen LogP contribution is -2.46. The lowest BCUT2D eigenvalue weighted by Gasteiger charge is -2.31. The summed E-state index contributed by atoms with van der Waals surface area (Å²) in [4.78, 5) is 10.7. The van der Waals surface area contributed by atoms with Crippen molar-refractivity contribution in [2.75, 3.05) is 13.1 Å². The quantitative estimate of drug-likeness (QED) is 0.545. The van der Waals surface area contributed by atoms with Crippen LogP contribution in [0.2, 0.25) is 0 Å². The second-order valence-corrected chi connectivity index (χ2v) is 5.37. The van der Waals surface area contributed by atoms with E-state index in [-0.39, 0.29) is 22.3 Å². The third kappa shape index (κ3) is 3.25. The van der Waals surface area contributed by atoms with Crippen molar-refractivity contribution in [3.8, 4) is 0 Å². The summed E-state index contributed by atoms with van der Waals surface area (Å²) in [5, 5.41) is 13.9. The smallest absolute Gasteiger partial charge is 0.228 e. The SMILES string of the molecule is CC(C)(C)C[C@@H]1CCNC[C@H]1[N+](=O)[O-]. The molecule has 14 heavy (non-hydrogen) atoms. The van der Waals surface area contributed by atoms with Gasteiger partial charge in [-0.1, -0.05) is 20.8 Å². The van der Waals surface area contributed by atoms with Crippen molar-refractivity contribution in [2.24, 2.45) is 11.3 Å². The van der Waals surface area contributed by atoms with Gasteiger partial charge in [-0.2, -0.15) is 0 Å². The number of rotatable bonds is 2. The average Bonchev–Trinajstić information content (AvgIpc) is 2.01. The summed E-state index contributed by atoms with van der Waals surface area (Å²) in [6.45, 7) is 7.89. The molecule has 1 heterocycles. The number of hydrogen-bond acceptors (Lipinski definition) is 3. The Bertz CT molecular complexity index is 211. The van der Waals surface area contributed by atoms with Crippen LogP contribution in [0.1, 0.15) is 33.6 Å². The van der Waals surface area contributed by atoms with Crippen LogP contribution in [0.15, 0.2) is 0 Å². The summed E-state index contributed by atoms with van der Waals surface area (Å²) in [6.07, 6.45) is 1.88. The zero-order valence-electron chi connectivity index (χ0n) is 9.25. The highest BCUT2D eigenvalue weighted by molar-refractivity contribution is 4.81. The number of nitrogens with zero attached hydrogens (tertiary/aromatic N) is 1. The van der Waals surface area contributed by atoms with Gasteiger partial charge >= 0.3 is 0 Å². The molecule has 1 N–H and O–H groups in total. The van der Waals surface area contributed by atoms with Gasteiger partial charge in [-0.05, 0) is 24.8 Å². The molecule has 1 aliphatic heterocycles. The molecule has 2 atom stereocenters. The average molecular weight is 200 g/mol. The highest BCUT2D eigenvalue weighted by Gasteiger charge is 2.36. The maximum Gasteiger partial charge on any atom is 0.228 e. The minimum atomic E-state index is -0.386. The Morgan fingerprint density at radius 1 is 1.50 bits per heavy atom.